The van der Waals surface area contributed by atoms with Gasteiger partial charge in [0.15, 0.2) is 0 Å². The normalized spacial score (nSPS) is 11.5. The molecule has 1 aromatic heterocycles. The van der Waals surface area contributed by atoms with Crippen molar-refractivity contribution in [3.63, 3.8) is 0 Å². The standard InChI is InChI=1S/C16H30N4O/c1-12(2)11-20(10-9-19(5)6)15-8-7-14(17)16(18-15)21-13(3)4/h7-8,12-13H,9-11,17H2,1-6H3. The lowest BCUT2D eigenvalue weighted by molar-refractivity contribution is 0.234. The average Bonchev–Trinajstić information content (AvgIpc) is 2.36. The third kappa shape index (κ3) is 6.21. The molecule has 0 aliphatic carbocycles. The number of nitrogens with two attached hydrogens (primary N) is 1. The first-order valence-electron chi connectivity index (χ1n) is 7.62. The van der Waals surface area contributed by atoms with Gasteiger partial charge in [-0.1, -0.05) is 13.8 Å². The lowest BCUT2D eigenvalue weighted by atomic mass is 10.2. The average molecular weight is 294 g/mol. The summed E-state index contributed by atoms with van der Waals surface area (Å²) in [7, 11) is 4.16. The van der Waals surface area contributed by atoms with E-state index in [4.69, 9.17) is 10.5 Å². The van der Waals surface area contributed by atoms with Crippen LogP contribution < -0.4 is 15.4 Å². The second-order valence-corrected chi connectivity index (χ2v) is 6.37. The van der Waals surface area contributed by atoms with Crippen molar-refractivity contribution in [2.75, 3.05) is 44.4 Å². The summed E-state index contributed by atoms with van der Waals surface area (Å²) >= 11 is 0. The monoisotopic (exact) mass is 294 g/mol. The molecule has 0 aliphatic rings. The van der Waals surface area contributed by atoms with Crippen molar-refractivity contribution in [1.82, 2.24) is 9.88 Å². The van der Waals surface area contributed by atoms with Gasteiger partial charge in [-0.05, 0) is 46.0 Å². The number of pyridine rings is 1. The summed E-state index contributed by atoms with van der Waals surface area (Å²) in [6.07, 6.45) is 0.0652. The minimum atomic E-state index is 0.0652. The Hall–Kier alpha value is -1.49. The molecule has 0 aliphatic heterocycles. The van der Waals surface area contributed by atoms with E-state index in [1.807, 2.05) is 26.0 Å². The van der Waals surface area contributed by atoms with Crippen LogP contribution in [0.5, 0.6) is 5.88 Å². The van der Waals surface area contributed by atoms with Gasteiger partial charge in [-0.2, -0.15) is 4.98 Å². The lowest BCUT2D eigenvalue weighted by Gasteiger charge is -2.27. The summed E-state index contributed by atoms with van der Waals surface area (Å²) in [6, 6.07) is 3.85. The van der Waals surface area contributed by atoms with Crippen LogP contribution >= 0.6 is 0 Å². The molecule has 5 nitrogen and oxygen atoms in total. The molecule has 0 atom stereocenters. The van der Waals surface area contributed by atoms with E-state index in [1.165, 1.54) is 0 Å². The highest BCUT2D eigenvalue weighted by Crippen LogP contribution is 2.24. The van der Waals surface area contributed by atoms with Crippen LogP contribution in [-0.2, 0) is 0 Å². The molecule has 0 aromatic carbocycles. The molecule has 1 aromatic rings. The maximum Gasteiger partial charge on any atom is 0.239 e. The number of hydrogen-bond acceptors (Lipinski definition) is 5. The summed E-state index contributed by atoms with van der Waals surface area (Å²) in [4.78, 5) is 9.07. The molecule has 0 radical (unpaired) electrons. The van der Waals surface area contributed by atoms with Gasteiger partial charge in [0.05, 0.1) is 11.8 Å². The largest absolute Gasteiger partial charge is 0.473 e. The number of hydrogen-bond donors (Lipinski definition) is 1. The maximum atomic E-state index is 5.95. The molecule has 1 rings (SSSR count). The van der Waals surface area contributed by atoms with Gasteiger partial charge in [0.1, 0.15) is 5.82 Å². The van der Waals surface area contributed by atoms with Crippen LogP contribution in [0.4, 0.5) is 11.5 Å². The predicted octanol–water partition coefficient (Wildman–Crippen LogP) is 2.48. The first-order chi connectivity index (χ1) is 9.79. The minimum Gasteiger partial charge on any atom is -0.473 e. The third-order valence-corrected chi connectivity index (χ3v) is 2.95. The van der Waals surface area contributed by atoms with Crippen molar-refractivity contribution in [3.8, 4) is 5.88 Å². The Balaban J connectivity index is 2.94. The number of anilines is 2. The number of nitrogens with zero attached hydrogens (tertiary/aromatic N) is 3. The topological polar surface area (TPSA) is 54.6 Å². The second-order valence-electron chi connectivity index (χ2n) is 6.37. The number of nitrogen functional groups attached to an aromatic ring is 1. The van der Waals surface area contributed by atoms with E-state index in [0.29, 0.717) is 17.5 Å². The fraction of sp³-hybridized carbons (Fsp3) is 0.688. The van der Waals surface area contributed by atoms with Gasteiger partial charge in [0.25, 0.3) is 0 Å². The molecule has 120 valence electrons. The molecular weight excluding hydrogens is 264 g/mol. The molecule has 1 heterocycles. The van der Waals surface area contributed by atoms with Crippen LogP contribution in [0.25, 0.3) is 0 Å². The first-order valence-corrected chi connectivity index (χ1v) is 7.62. The SMILES string of the molecule is CC(C)CN(CCN(C)C)c1ccc(N)c(OC(C)C)n1. The zero-order valence-corrected chi connectivity index (χ0v) is 14.3. The van der Waals surface area contributed by atoms with E-state index in [1.54, 1.807) is 0 Å². The van der Waals surface area contributed by atoms with Crippen LogP contribution in [0.15, 0.2) is 12.1 Å². The van der Waals surface area contributed by atoms with Gasteiger partial charge in [-0.25, -0.2) is 0 Å². The number of aromatic nitrogens is 1. The highest BCUT2D eigenvalue weighted by atomic mass is 16.5. The summed E-state index contributed by atoms with van der Waals surface area (Å²) < 4.78 is 5.69. The summed E-state index contributed by atoms with van der Waals surface area (Å²) in [5.41, 5.74) is 6.53. The molecule has 0 amide bonds. The Morgan fingerprint density at radius 3 is 2.33 bits per heavy atom. The second kappa shape index (κ2) is 8.08. The third-order valence-electron chi connectivity index (χ3n) is 2.95. The van der Waals surface area contributed by atoms with E-state index in [2.05, 4.69) is 42.7 Å². The molecule has 0 bridgehead atoms. The Kier molecular flexibility index (Phi) is 6.75. The molecule has 21 heavy (non-hydrogen) atoms. The van der Waals surface area contributed by atoms with Gasteiger partial charge >= 0.3 is 0 Å². The predicted molar refractivity (Wildman–Crippen MR) is 90.0 cm³/mol. The summed E-state index contributed by atoms with van der Waals surface area (Å²) in [5.74, 6) is 2.03. The first kappa shape index (κ1) is 17.6. The van der Waals surface area contributed by atoms with Crippen molar-refractivity contribution in [2.45, 2.75) is 33.8 Å². The molecule has 0 saturated carbocycles. The Morgan fingerprint density at radius 1 is 1.14 bits per heavy atom. The lowest BCUT2D eigenvalue weighted by Crippen LogP contribution is -2.35. The number of rotatable bonds is 8. The van der Waals surface area contributed by atoms with Gasteiger partial charge in [-0.3, -0.25) is 0 Å². The number of ether oxygens (including phenoxy) is 1. The van der Waals surface area contributed by atoms with Crippen molar-refractivity contribution in [3.05, 3.63) is 12.1 Å². The van der Waals surface area contributed by atoms with Crippen LogP contribution in [0, 0.1) is 5.92 Å². The minimum absolute atomic E-state index is 0.0652. The Labute approximate surface area is 129 Å². The smallest absolute Gasteiger partial charge is 0.239 e. The number of likely N-dealkylation sites (N-methyl/N-ethyl adjacent to an activating group) is 1. The fourth-order valence-corrected chi connectivity index (χ4v) is 2.00. The molecular formula is C16H30N4O. The van der Waals surface area contributed by atoms with E-state index < -0.39 is 0 Å². The van der Waals surface area contributed by atoms with Gasteiger partial charge in [0, 0.05) is 19.6 Å². The maximum absolute atomic E-state index is 5.95. The highest BCUT2D eigenvalue weighted by molar-refractivity contribution is 5.54. The quantitative estimate of drug-likeness (QED) is 0.798. The highest BCUT2D eigenvalue weighted by Gasteiger charge is 2.13. The zero-order valence-electron chi connectivity index (χ0n) is 14.3. The van der Waals surface area contributed by atoms with Gasteiger partial charge < -0.3 is 20.3 Å². The molecule has 0 saturated heterocycles. The molecule has 0 fully saturated rings. The Bertz CT molecular complexity index is 432. The van der Waals surface area contributed by atoms with Crippen LogP contribution in [-0.4, -0.2) is 49.7 Å². The fourth-order valence-electron chi connectivity index (χ4n) is 2.00. The van der Waals surface area contributed by atoms with Crippen LogP contribution in [0.1, 0.15) is 27.7 Å². The van der Waals surface area contributed by atoms with Crippen molar-refractivity contribution < 1.29 is 4.74 Å². The van der Waals surface area contributed by atoms with E-state index in [9.17, 15) is 0 Å². The van der Waals surface area contributed by atoms with E-state index in [0.717, 1.165) is 25.5 Å². The molecule has 2 N–H and O–H groups in total. The van der Waals surface area contributed by atoms with E-state index >= 15 is 0 Å². The molecule has 0 spiro atoms. The Morgan fingerprint density at radius 2 is 1.81 bits per heavy atom. The van der Waals surface area contributed by atoms with Crippen molar-refractivity contribution >= 4 is 11.5 Å². The van der Waals surface area contributed by atoms with Crippen molar-refractivity contribution in [1.29, 1.82) is 0 Å². The van der Waals surface area contributed by atoms with Crippen LogP contribution in [0.2, 0.25) is 0 Å². The van der Waals surface area contributed by atoms with Gasteiger partial charge in [-0.15, -0.1) is 0 Å². The molecule has 5 heteroatoms. The molecule has 0 unspecified atom stereocenters. The van der Waals surface area contributed by atoms with E-state index in [-0.39, 0.29) is 6.10 Å². The zero-order chi connectivity index (χ0) is 16.0. The van der Waals surface area contributed by atoms with Gasteiger partial charge in [0.2, 0.25) is 5.88 Å². The van der Waals surface area contributed by atoms with Crippen LogP contribution in [0.3, 0.4) is 0 Å². The summed E-state index contributed by atoms with van der Waals surface area (Å²) in [5, 5.41) is 0. The van der Waals surface area contributed by atoms with Crippen molar-refractivity contribution in [2.24, 2.45) is 5.92 Å². The summed E-state index contributed by atoms with van der Waals surface area (Å²) in [6.45, 7) is 11.3.